The lowest BCUT2D eigenvalue weighted by Gasteiger charge is -2.36. The molecule has 0 aliphatic carbocycles. The molecule has 1 saturated heterocycles. The molecule has 1 aliphatic heterocycles. The maximum Gasteiger partial charge on any atom is 0.315 e. The highest BCUT2D eigenvalue weighted by Crippen LogP contribution is 2.21. The van der Waals surface area contributed by atoms with Crippen LogP contribution in [-0.4, -0.2) is 43.7 Å². The number of piperidine rings is 1. The minimum Gasteiger partial charge on any atom is -0.496 e. The van der Waals surface area contributed by atoms with Gasteiger partial charge in [0.05, 0.1) is 7.11 Å². The molecule has 2 amide bonds. The van der Waals surface area contributed by atoms with Crippen molar-refractivity contribution in [3.05, 3.63) is 29.8 Å². The normalized spacial score (nSPS) is 22.7. The molecular weight excluding hydrogens is 302 g/mol. The van der Waals surface area contributed by atoms with Crippen LogP contribution in [0.4, 0.5) is 4.79 Å². The third-order valence-electron chi connectivity index (χ3n) is 4.49. The number of carbonyl (C=O) groups excluding carboxylic acids is 1. The Kier molecular flexibility index (Phi) is 6.91. The minimum absolute atomic E-state index is 0.125. The van der Waals surface area contributed by atoms with Crippen LogP contribution in [0.25, 0.3) is 0 Å². The number of methoxy groups -OCH3 is 1. The van der Waals surface area contributed by atoms with Crippen molar-refractivity contribution in [1.29, 1.82) is 0 Å². The fourth-order valence-corrected chi connectivity index (χ4v) is 3.67. The van der Waals surface area contributed by atoms with Crippen molar-refractivity contribution in [2.45, 2.75) is 39.8 Å². The highest BCUT2D eigenvalue weighted by Gasteiger charge is 2.23. The predicted molar refractivity (Wildman–Crippen MR) is 97.2 cm³/mol. The van der Waals surface area contributed by atoms with Gasteiger partial charge in [0.15, 0.2) is 0 Å². The van der Waals surface area contributed by atoms with E-state index in [1.165, 1.54) is 6.42 Å². The zero-order chi connectivity index (χ0) is 17.5. The molecular formula is C19H31N3O2. The van der Waals surface area contributed by atoms with Crippen LogP contribution in [0, 0.1) is 11.8 Å². The molecule has 0 radical (unpaired) electrons. The second-order valence-corrected chi connectivity index (χ2v) is 7.20. The van der Waals surface area contributed by atoms with Crippen LogP contribution in [0.1, 0.15) is 32.8 Å². The first-order valence-corrected chi connectivity index (χ1v) is 8.86. The van der Waals surface area contributed by atoms with Crippen LogP contribution in [0.15, 0.2) is 24.3 Å². The number of carbonyl (C=O) groups is 1. The first-order chi connectivity index (χ1) is 11.5. The number of ether oxygens (including phenoxy) is 1. The van der Waals surface area contributed by atoms with E-state index < -0.39 is 0 Å². The molecule has 1 fully saturated rings. The molecule has 3 unspecified atom stereocenters. The first-order valence-electron chi connectivity index (χ1n) is 8.86. The van der Waals surface area contributed by atoms with Crippen molar-refractivity contribution in [3.63, 3.8) is 0 Å². The van der Waals surface area contributed by atoms with Crippen LogP contribution >= 0.6 is 0 Å². The Labute approximate surface area is 145 Å². The van der Waals surface area contributed by atoms with Gasteiger partial charge in [-0.15, -0.1) is 0 Å². The average Bonchev–Trinajstić information content (AvgIpc) is 2.52. The van der Waals surface area contributed by atoms with Gasteiger partial charge in [-0.25, -0.2) is 4.79 Å². The predicted octanol–water partition coefficient (Wildman–Crippen LogP) is 2.86. The summed E-state index contributed by atoms with van der Waals surface area (Å²) >= 11 is 0. The van der Waals surface area contributed by atoms with Crippen molar-refractivity contribution < 1.29 is 9.53 Å². The van der Waals surface area contributed by atoms with E-state index in [0.29, 0.717) is 6.54 Å². The maximum atomic E-state index is 12.1. The minimum atomic E-state index is -0.133. The quantitative estimate of drug-likeness (QED) is 0.842. The zero-order valence-corrected chi connectivity index (χ0v) is 15.3. The average molecular weight is 333 g/mol. The largest absolute Gasteiger partial charge is 0.496 e. The molecule has 24 heavy (non-hydrogen) atoms. The summed E-state index contributed by atoms with van der Waals surface area (Å²) in [5.74, 6) is 2.27. The Hall–Kier alpha value is -1.75. The van der Waals surface area contributed by atoms with Crippen molar-refractivity contribution in [2.24, 2.45) is 11.8 Å². The monoisotopic (exact) mass is 333 g/mol. The molecule has 5 nitrogen and oxygen atoms in total. The van der Waals surface area contributed by atoms with Gasteiger partial charge in [0.2, 0.25) is 0 Å². The second kappa shape index (κ2) is 8.92. The Balaban J connectivity index is 1.75. The summed E-state index contributed by atoms with van der Waals surface area (Å²) in [6, 6.07) is 7.71. The van der Waals surface area contributed by atoms with Crippen LogP contribution in [0.3, 0.4) is 0 Å². The summed E-state index contributed by atoms with van der Waals surface area (Å²) in [5.41, 5.74) is 0.974. The van der Waals surface area contributed by atoms with Gasteiger partial charge < -0.3 is 20.3 Å². The number of hydrogen-bond donors (Lipinski definition) is 2. The van der Waals surface area contributed by atoms with Gasteiger partial charge in [-0.1, -0.05) is 32.0 Å². The fraction of sp³-hybridized carbons (Fsp3) is 0.632. The molecule has 2 N–H and O–H groups in total. The Morgan fingerprint density at radius 2 is 1.96 bits per heavy atom. The molecule has 1 aliphatic rings. The van der Waals surface area contributed by atoms with Crippen LogP contribution in [-0.2, 0) is 6.54 Å². The Morgan fingerprint density at radius 1 is 1.29 bits per heavy atom. The van der Waals surface area contributed by atoms with Gasteiger partial charge >= 0.3 is 6.03 Å². The lowest BCUT2D eigenvalue weighted by Crippen LogP contribution is -2.49. The number of benzene rings is 1. The lowest BCUT2D eigenvalue weighted by atomic mass is 9.92. The maximum absolute atomic E-state index is 12.1. The Bertz CT molecular complexity index is 525. The number of nitrogens with zero attached hydrogens (tertiary/aromatic N) is 1. The number of amides is 2. The summed E-state index contributed by atoms with van der Waals surface area (Å²) in [7, 11) is 1.64. The van der Waals surface area contributed by atoms with Gasteiger partial charge in [0.25, 0.3) is 0 Å². The summed E-state index contributed by atoms with van der Waals surface area (Å²) in [6.45, 7) is 10.3. The lowest BCUT2D eigenvalue weighted by molar-refractivity contribution is 0.131. The van der Waals surface area contributed by atoms with Crippen LogP contribution in [0.5, 0.6) is 5.75 Å². The van der Waals surface area contributed by atoms with Crippen molar-refractivity contribution in [2.75, 3.05) is 26.7 Å². The molecule has 0 aromatic heterocycles. The van der Waals surface area contributed by atoms with Gasteiger partial charge in [-0.05, 0) is 31.2 Å². The number of urea groups is 1. The van der Waals surface area contributed by atoms with Gasteiger partial charge in [-0.2, -0.15) is 0 Å². The molecule has 0 spiro atoms. The van der Waals surface area contributed by atoms with Crippen molar-refractivity contribution >= 4 is 6.03 Å². The molecule has 0 bridgehead atoms. The molecule has 1 aromatic carbocycles. The van der Waals surface area contributed by atoms with E-state index in [1.54, 1.807) is 7.11 Å². The topological polar surface area (TPSA) is 53.6 Å². The highest BCUT2D eigenvalue weighted by atomic mass is 16.5. The molecule has 1 heterocycles. The molecule has 134 valence electrons. The van der Waals surface area contributed by atoms with E-state index >= 15 is 0 Å². The fourth-order valence-electron chi connectivity index (χ4n) is 3.67. The molecule has 5 heteroatoms. The molecule has 1 aromatic rings. The van der Waals surface area contributed by atoms with E-state index in [-0.39, 0.29) is 12.1 Å². The number of rotatable bonds is 6. The highest BCUT2D eigenvalue weighted by molar-refractivity contribution is 5.74. The van der Waals surface area contributed by atoms with Gasteiger partial charge in [0.1, 0.15) is 5.75 Å². The van der Waals surface area contributed by atoms with E-state index in [9.17, 15) is 4.79 Å². The van der Waals surface area contributed by atoms with E-state index in [0.717, 1.165) is 42.8 Å². The Morgan fingerprint density at radius 3 is 2.62 bits per heavy atom. The summed E-state index contributed by atoms with van der Waals surface area (Å²) < 4.78 is 5.30. The first kappa shape index (κ1) is 18.6. The van der Waals surface area contributed by atoms with Crippen molar-refractivity contribution in [1.82, 2.24) is 15.5 Å². The summed E-state index contributed by atoms with van der Waals surface area (Å²) in [6.07, 6.45) is 1.30. The number of nitrogens with one attached hydrogen (secondary N) is 2. The zero-order valence-electron chi connectivity index (χ0n) is 15.3. The van der Waals surface area contributed by atoms with Gasteiger partial charge in [-0.3, -0.25) is 0 Å². The van der Waals surface area contributed by atoms with E-state index in [2.05, 4.69) is 36.3 Å². The second-order valence-electron chi connectivity index (χ2n) is 7.20. The van der Waals surface area contributed by atoms with Crippen molar-refractivity contribution in [3.8, 4) is 5.75 Å². The number of para-hydroxylation sites is 1. The number of hydrogen-bond acceptors (Lipinski definition) is 3. The third kappa shape index (κ3) is 5.71. The SMILES string of the molecule is COc1ccccc1CNC(=O)NC(C)CN1CC(C)CC(C)C1. The third-order valence-corrected chi connectivity index (χ3v) is 4.49. The summed E-state index contributed by atoms with van der Waals surface area (Å²) in [5, 5.41) is 5.94. The van der Waals surface area contributed by atoms with E-state index in [4.69, 9.17) is 4.74 Å². The standard InChI is InChI=1S/C19H31N3O2/c1-14-9-15(2)12-22(11-14)13-16(3)21-19(23)20-10-17-7-5-6-8-18(17)24-4/h5-8,14-16H,9-13H2,1-4H3,(H2,20,21,23). The molecule has 2 rings (SSSR count). The molecule has 0 saturated carbocycles. The summed E-state index contributed by atoms with van der Waals surface area (Å²) in [4.78, 5) is 14.6. The molecule has 3 atom stereocenters. The smallest absolute Gasteiger partial charge is 0.315 e. The van der Waals surface area contributed by atoms with Crippen LogP contribution < -0.4 is 15.4 Å². The number of likely N-dealkylation sites (tertiary alicyclic amines) is 1. The van der Waals surface area contributed by atoms with E-state index in [1.807, 2.05) is 24.3 Å². The van der Waals surface area contributed by atoms with Gasteiger partial charge in [0, 0.05) is 37.8 Å². The van der Waals surface area contributed by atoms with Crippen LogP contribution in [0.2, 0.25) is 0 Å².